The van der Waals surface area contributed by atoms with Crippen molar-refractivity contribution in [1.29, 1.82) is 0 Å². The fourth-order valence-corrected chi connectivity index (χ4v) is 1.77. The number of nitrogens with two attached hydrogens (primary N) is 1. The van der Waals surface area contributed by atoms with Gasteiger partial charge in [0.25, 0.3) is 0 Å². The van der Waals surface area contributed by atoms with E-state index in [2.05, 4.69) is 22.2 Å². The Kier molecular flexibility index (Phi) is 5.44. The number of aromatic nitrogens is 2. The zero-order valence-electron chi connectivity index (χ0n) is 10.2. The molecule has 17 heavy (non-hydrogen) atoms. The van der Waals surface area contributed by atoms with Crippen LogP contribution in [0.4, 0.5) is 11.5 Å². The lowest BCUT2D eigenvalue weighted by Gasteiger charge is -2.16. The molecule has 0 radical (unpaired) electrons. The predicted octanol–water partition coefficient (Wildman–Crippen LogP) is 1.84. The highest BCUT2D eigenvalue weighted by atomic mass is 35.5. The lowest BCUT2D eigenvalue weighted by molar-refractivity contribution is 0.258. The summed E-state index contributed by atoms with van der Waals surface area (Å²) in [6.07, 6.45) is 1.76. The second kappa shape index (κ2) is 6.61. The summed E-state index contributed by atoms with van der Waals surface area (Å²) in [7, 11) is 0. The van der Waals surface area contributed by atoms with Crippen molar-refractivity contribution >= 4 is 23.1 Å². The third-order valence-electron chi connectivity index (χ3n) is 2.78. The molecule has 0 aromatic carbocycles. The highest BCUT2D eigenvalue weighted by Gasteiger charge is 2.10. The Morgan fingerprint density at radius 1 is 1.47 bits per heavy atom. The van der Waals surface area contributed by atoms with E-state index in [-0.39, 0.29) is 11.9 Å². The van der Waals surface area contributed by atoms with Gasteiger partial charge in [-0.1, -0.05) is 13.3 Å². The fourth-order valence-electron chi connectivity index (χ4n) is 1.56. The topological polar surface area (TPSA) is 84.1 Å². The van der Waals surface area contributed by atoms with Crippen molar-refractivity contribution in [1.82, 2.24) is 9.97 Å². The first-order valence-corrected chi connectivity index (χ1v) is 6.10. The summed E-state index contributed by atoms with van der Waals surface area (Å²) in [5, 5.41) is 12.3. The first-order valence-electron chi connectivity index (χ1n) is 5.72. The SMILES string of the molecule is CCC(CCO)CNc1nc(Cl)nc(C)c1N. The molecule has 0 aliphatic carbocycles. The van der Waals surface area contributed by atoms with Gasteiger partial charge in [-0.3, -0.25) is 0 Å². The monoisotopic (exact) mass is 258 g/mol. The largest absolute Gasteiger partial charge is 0.396 e. The molecular weight excluding hydrogens is 240 g/mol. The number of aliphatic hydroxyl groups is 1. The van der Waals surface area contributed by atoms with Gasteiger partial charge in [-0.2, -0.15) is 4.98 Å². The average Bonchev–Trinajstić information content (AvgIpc) is 2.30. The van der Waals surface area contributed by atoms with Crippen LogP contribution in [0.15, 0.2) is 0 Å². The molecule has 4 N–H and O–H groups in total. The number of hydrogen-bond acceptors (Lipinski definition) is 5. The zero-order chi connectivity index (χ0) is 12.8. The molecule has 1 heterocycles. The molecular formula is C11H19ClN4O. The van der Waals surface area contributed by atoms with Gasteiger partial charge in [0.2, 0.25) is 5.28 Å². The number of halogens is 1. The minimum Gasteiger partial charge on any atom is -0.396 e. The van der Waals surface area contributed by atoms with E-state index in [4.69, 9.17) is 22.4 Å². The third-order valence-corrected chi connectivity index (χ3v) is 2.95. The Morgan fingerprint density at radius 3 is 2.76 bits per heavy atom. The van der Waals surface area contributed by atoms with E-state index in [1.165, 1.54) is 0 Å². The summed E-state index contributed by atoms with van der Waals surface area (Å²) >= 11 is 5.77. The molecule has 0 aliphatic rings. The number of hydrogen-bond donors (Lipinski definition) is 3. The Hall–Kier alpha value is -1.07. The second-order valence-corrected chi connectivity index (χ2v) is 4.35. The Balaban J connectivity index is 2.68. The summed E-state index contributed by atoms with van der Waals surface area (Å²) in [6, 6.07) is 0. The van der Waals surface area contributed by atoms with E-state index in [0.717, 1.165) is 12.8 Å². The van der Waals surface area contributed by atoms with Crippen LogP contribution in [0, 0.1) is 12.8 Å². The molecule has 1 rings (SSSR count). The standard InChI is InChI=1S/C11H19ClN4O/c1-3-8(4-5-17)6-14-10-9(13)7(2)15-11(12)16-10/h8,17H,3-6,13H2,1-2H3,(H,14,15,16). The van der Waals surface area contributed by atoms with E-state index in [9.17, 15) is 0 Å². The van der Waals surface area contributed by atoms with E-state index in [1.807, 2.05) is 0 Å². The Morgan fingerprint density at radius 2 is 2.18 bits per heavy atom. The van der Waals surface area contributed by atoms with Crippen molar-refractivity contribution < 1.29 is 5.11 Å². The summed E-state index contributed by atoms with van der Waals surface area (Å²) in [6.45, 7) is 4.79. The number of nitrogens with one attached hydrogen (secondary N) is 1. The third kappa shape index (κ3) is 4.02. The quantitative estimate of drug-likeness (QED) is 0.678. The zero-order valence-corrected chi connectivity index (χ0v) is 11.0. The highest BCUT2D eigenvalue weighted by molar-refractivity contribution is 6.28. The number of rotatable bonds is 6. The first kappa shape index (κ1) is 14.0. The smallest absolute Gasteiger partial charge is 0.224 e. The number of nitrogens with zero attached hydrogens (tertiary/aromatic N) is 2. The maximum absolute atomic E-state index is 8.91. The van der Waals surface area contributed by atoms with Crippen LogP contribution in [0.5, 0.6) is 0 Å². The van der Waals surface area contributed by atoms with Crippen LogP contribution in [0.1, 0.15) is 25.5 Å². The number of nitrogen functional groups attached to an aromatic ring is 1. The molecule has 0 aliphatic heterocycles. The maximum Gasteiger partial charge on any atom is 0.224 e. The minimum absolute atomic E-state index is 0.189. The number of anilines is 2. The number of aliphatic hydroxyl groups excluding tert-OH is 1. The lowest BCUT2D eigenvalue weighted by atomic mass is 10.0. The van der Waals surface area contributed by atoms with Gasteiger partial charge in [-0.05, 0) is 30.9 Å². The van der Waals surface area contributed by atoms with Gasteiger partial charge >= 0.3 is 0 Å². The van der Waals surface area contributed by atoms with Gasteiger partial charge in [0.05, 0.1) is 11.4 Å². The molecule has 0 amide bonds. The Bertz CT molecular complexity index is 373. The minimum atomic E-state index is 0.189. The number of aryl methyl sites for hydroxylation is 1. The molecule has 0 saturated heterocycles. The molecule has 1 aromatic heterocycles. The average molecular weight is 259 g/mol. The molecule has 1 unspecified atom stereocenters. The van der Waals surface area contributed by atoms with Crippen LogP contribution in [0.3, 0.4) is 0 Å². The predicted molar refractivity (Wildman–Crippen MR) is 70.2 cm³/mol. The second-order valence-electron chi connectivity index (χ2n) is 4.01. The molecule has 1 atom stereocenters. The van der Waals surface area contributed by atoms with Crippen molar-refractivity contribution in [2.45, 2.75) is 26.7 Å². The summed E-state index contributed by atoms with van der Waals surface area (Å²) in [4.78, 5) is 8.02. The van der Waals surface area contributed by atoms with Crippen LogP contribution >= 0.6 is 11.6 Å². The van der Waals surface area contributed by atoms with E-state index in [1.54, 1.807) is 6.92 Å². The first-order chi connectivity index (χ1) is 8.08. The van der Waals surface area contributed by atoms with Crippen LogP contribution in [0.2, 0.25) is 5.28 Å². The highest BCUT2D eigenvalue weighted by Crippen LogP contribution is 2.21. The van der Waals surface area contributed by atoms with Gasteiger partial charge in [-0.25, -0.2) is 4.98 Å². The van der Waals surface area contributed by atoms with Gasteiger partial charge < -0.3 is 16.2 Å². The molecule has 0 saturated carbocycles. The molecule has 0 spiro atoms. The van der Waals surface area contributed by atoms with Crippen LogP contribution in [-0.4, -0.2) is 28.2 Å². The molecule has 6 heteroatoms. The van der Waals surface area contributed by atoms with Gasteiger partial charge in [0, 0.05) is 13.2 Å². The van der Waals surface area contributed by atoms with Gasteiger partial charge in [0.1, 0.15) is 0 Å². The summed E-state index contributed by atoms with van der Waals surface area (Å²) < 4.78 is 0. The van der Waals surface area contributed by atoms with Crippen molar-refractivity contribution in [2.24, 2.45) is 5.92 Å². The molecule has 1 aromatic rings. The summed E-state index contributed by atoms with van der Waals surface area (Å²) in [5.41, 5.74) is 7.05. The Labute approximate surface area is 106 Å². The summed E-state index contributed by atoms with van der Waals surface area (Å²) in [5.74, 6) is 0.965. The van der Waals surface area contributed by atoms with Crippen molar-refractivity contribution in [3.8, 4) is 0 Å². The molecule has 5 nitrogen and oxygen atoms in total. The molecule has 96 valence electrons. The normalized spacial score (nSPS) is 12.5. The van der Waals surface area contributed by atoms with Crippen molar-refractivity contribution in [2.75, 3.05) is 24.2 Å². The van der Waals surface area contributed by atoms with Crippen LogP contribution in [-0.2, 0) is 0 Å². The van der Waals surface area contributed by atoms with Gasteiger partial charge in [-0.15, -0.1) is 0 Å². The van der Waals surface area contributed by atoms with Crippen LogP contribution in [0.25, 0.3) is 0 Å². The van der Waals surface area contributed by atoms with Crippen molar-refractivity contribution in [3.63, 3.8) is 0 Å². The van der Waals surface area contributed by atoms with E-state index in [0.29, 0.717) is 29.7 Å². The maximum atomic E-state index is 8.91. The van der Waals surface area contributed by atoms with Gasteiger partial charge in [0.15, 0.2) is 5.82 Å². The fraction of sp³-hybridized carbons (Fsp3) is 0.636. The molecule has 0 fully saturated rings. The lowest BCUT2D eigenvalue weighted by Crippen LogP contribution is -2.17. The van der Waals surface area contributed by atoms with E-state index >= 15 is 0 Å². The van der Waals surface area contributed by atoms with Crippen molar-refractivity contribution in [3.05, 3.63) is 11.0 Å². The van der Waals surface area contributed by atoms with Crippen LogP contribution < -0.4 is 11.1 Å². The van der Waals surface area contributed by atoms with E-state index < -0.39 is 0 Å². The molecule has 0 bridgehead atoms.